The van der Waals surface area contributed by atoms with E-state index in [4.69, 9.17) is 0 Å². The quantitative estimate of drug-likeness (QED) is 0.153. The second kappa shape index (κ2) is 10.4. The molecule has 41 heavy (non-hydrogen) atoms. The highest BCUT2D eigenvalue weighted by atomic mass is 32.2. The highest BCUT2D eigenvalue weighted by molar-refractivity contribution is 7.95. The normalized spacial score (nSPS) is 13.1. The predicted octanol–water partition coefficient (Wildman–Crippen LogP) is 7.78. The Bertz CT molecular complexity index is 2070. The number of hydrogen-bond donors (Lipinski definition) is 0. The molecule has 0 radical (unpaired) electrons. The first-order valence-corrected chi connectivity index (χ1v) is 16.1. The van der Waals surface area contributed by atoms with Crippen LogP contribution in [0.2, 0.25) is 0 Å². The van der Waals surface area contributed by atoms with Crippen molar-refractivity contribution in [3.63, 3.8) is 0 Å². The summed E-state index contributed by atoms with van der Waals surface area (Å²) < 4.78 is 29.4. The van der Waals surface area contributed by atoms with Crippen LogP contribution in [0.3, 0.4) is 0 Å². The first-order valence-electron chi connectivity index (χ1n) is 13.3. The number of fused-ring (bicyclic) bond motifs is 3. The number of allylic oxidation sites excluding steroid dienone is 3. The van der Waals surface area contributed by atoms with E-state index in [1.165, 1.54) is 10.6 Å². The first kappa shape index (κ1) is 25.3. The maximum absolute atomic E-state index is 13.6. The van der Waals surface area contributed by atoms with Gasteiger partial charge in [0.15, 0.2) is 0 Å². The van der Waals surface area contributed by atoms with Crippen molar-refractivity contribution in [2.24, 2.45) is 0 Å². The fourth-order valence-corrected chi connectivity index (χ4v) is 8.70. The molecule has 0 fully saturated rings. The lowest BCUT2D eigenvalue weighted by molar-refractivity contribution is 0.603. The predicted molar refractivity (Wildman–Crippen MR) is 170 cm³/mol. The van der Waals surface area contributed by atoms with Crippen LogP contribution in [0.5, 0.6) is 0 Å². The molecule has 196 valence electrons. The number of hydrogen-bond acceptors (Lipinski definition) is 2. The third-order valence-electron chi connectivity index (χ3n) is 7.25. The molecular formula is C36H24NO2PS. The van der Waals surface area contributed by atoms with Crippen molar-refractivity contribution in [1.82, 2.24) is 4.57 Å². The van der Waals surface area contributed by atoms with Crippen LogP contribution in [0.25, 0.3) is 27.5 Å². The lowest BCUT2D eigenvalue weighted by Gasteiger charge is -2.19. The molecular weight excluding hydrogens is 541 g/mol. The van der Waals surface area contributed by atoms with Gasteiger partial charge >= 0.3 is 0 Å². The zero-order chi connectivity index (χ0) is 27.8. The van der Waals surface area contributed by atoms with Crippen molar-refractivity contribution >= 4 is 50.2 Å². The number of aromatic nitrogens is 1. The Balaban J connectivity index is 1.28. The lowest BCUT2D eigenvalue weighted by atomic mass is 10.2. The highest BCUT2D eigenvalue weighted by Crippen LogP contribution is 2.44. The fourth-order valence-electron chi connectivity index (χ4n) is 5.33. The van der Waals surface area contributed by atoms with E-state index in [0.717, 1.165) is 32.8 Å². The summed E-state index contributed by atoms with van der Waals surface area (Å²) in [4.78, 5) is 0.342. The summed E-state index contributed by atoms with van der Waals surface area (Å²) in [6, 6.07) is 44.2. The van der Waals surface area contributed by atoms with Gasteiger partial charge in [-0.1, -0.05) is 103 Å². The summed E-state index contributed by atoms with van der Waals surface area (Å²) in [5, 5.41) is 5.61. The van der Waals surface area contributed by atoms with Crippen molar-refractivity contribution in [2.75, 3.05) is 0 Å². The smallest absolute Gasteiger partial charge is 0.214 e. The molecule has 0 saturated carbocycles. The number of benzene rings is 5. The van der Waals surface area contributed by atoms with E-state index in [1.807, 2.05) is 78.9 Å². The van der Waals surface area contributed by atoms with E-state index in [9.17, 15) is 8.42 Å². The number of para-hydroxylation sites is 2. The molecule has 6 aromatic rings. The van der Waals surface area contributed by atoms with E-state index in [1.54, 1.807) is 18.2 Å². The molecule has 1 aromatic heterocycles. The summed E-state index contributed by atoms with van der Waals surface area (Å²) in [6.45, 7) is 0. The topological polar surface area (TPSA) is 39.1 Å². The van der Waals surface area contributed by atoms with Gasteiger partial charge in [-0.2, -0.15) is 0 Å². The minimum atomic E-state index is -3.77. The second-order valence-corrected chi connectivity index (χ2v) is 13.8. The SMILES string of the molecule is O=S(=O)(C1=C=C=C(P(c2ccccc2)c2ccccc2)C=C1)c1ccc(-n2c3ccccc3c3ccccc32)cc1. The van der Waals surface area contributed by atoms with Crippen molar-refractivity contribution in [3.05, 3.63) is 167 Å². The van der Waals surface area contributed by atoms with Crippen LogP contribution in [0.1, 0.15) is 0 Å². The summed E-state index contributed by atoms with van der Waals surface area (Å²) >= 11 is 0. The minimum absolute atomic E-state index is 0.113. The molecule has 3 nitrogen and oxygen atoms in total. The van der Waals surface area contributed by atoms with Crippen molar-refractivity contribution in [2.45, 2.75) is 4.90 Å². The maximum Gasteiger partial charge on any atom is 0.214 e. The van der Waals surface area contributed by atoms with E-state index in [0.29, 0.717) is 0 Å². The molecule has 5 heteroatoms. The molecule has 0 spiro atoms. The van der Waals surface area contributed by atoms with Gasteiger partial charge < -0.3 is 4.57 Å². The Morgan fingerprint density at radius 3 is 1.56 bits per heavy atom. The van der Waals surface area contributed by atoms with Crippen LogP contribution in [-0.4, -0.2) is 13.0 Å². The van der Waals surface area contributed by atoms with Gasteiger partial charge in [0.25, 0.3) is 0 Å². The number of rotatable bonds is 6. The summed E-state index contributed by atoms with van der Waals surface area (Å²) in [5.41, 5.74) is 9.25. The molecule has 0 saturated heterocycles. The van der Waals surface area contributed by atoms with Crippen LogP contribution >= 0.6 is 7.92 Å². The van der Waals surface area contributed by atoms with E-state index < -0.39 is 17.8 Å². The van der Waals surface area contributed by atoms with Crippen molar-refractivity contribution < 1.29 is 8.42 Å². The molecule has 1 aliphatic carbocycles. The van der Waals surface area contributed by atoms with Gasteiger partial charge in [-0.25, -0.2) is 8.42 Å². The summed E-state index contributed by atoms with van der Waals surface area (Å²) in [5.74, 6) is 0. The zero-order valence-corrected chi connectivity index (χ0v) is 23.7. The summed E-state index contributed by atoms with van der Waals surface area (Å²) in [6.07, 6.45) is 3.53. The van der Waals surface area contributed by atoms with Gasteiger partial charge in [0.1, 0.15) is 4.91 Å². The average molecular weight is 566 g/mol. The van der Waals surface area contributed by atoms with Crippen molar-refractivity contribution in [1.29, 1.82) is 0 Å². The third kappa shape index (κ3) is 4.50. The molecule has 0 aliphatic heterocycles. The van der Waals surface area contributed by atoms with Gasteiger partial charge in [0.05, 0.1) is 15.9 Å². The van der Waals surface area contributed by atoms with Gasteiger partial charge in [-0.3, -0.25) is 0 Å². The Hall–Kier alpha value is -4.68. The monoisotopic (exact) mass is 565 g/mol. The molecule has 0 unspecified atom stereocenters. The molecule has 7 rings (SSSR count). The zero-order valence-electron chi connectivity index (χ0n) is 22.0. The van der Waals surface area contributed by atoms with Crippen LogP contribution < -0.4 is 10.6 Å². The van der Waals surface area contributed by atoms with Gasteiger partial charge in [-0.15, -0.1) is 0 Å². The molecule has 5 aromatic carbocycles. The summed E-state index contributed by atoms with van der Waals surface area (Å²) in [7, 11) is -4.66. The molecule has 1 heterocycles. The van der Waals surface area contributed by atoms with Gasteiger partial charge in [-0.05, 0) is 72.8 Å². The molecule has 0 N–H and O–H groups in total. The average Bonchev–Trinajstić information content (AvgIpc) is 3.37. The number of sulfone groups is 1. The molecule has 1 aliphatic rings. The Morgan fingerprint density at radius 1 is 0.537 bits per heavy atom. The Morgan fingerprint density at radius 2 is 1.05 bits per heavy atom. The Labute approximate surface area is 240 Å². The van der Waals surface area contributed by atoms with Gasteiger partial charge in [0.2, 0.25) is 9.84 Å². The lowest BCUT2D eigenvalue weighted by Crippen LogP contribution is -2.12. The van der Waals surface area contributed by atoms with E-state index >= 15 is 0 Å². The standard InChI is InChI=1S/C36H24NO2PS/c38-41(39,32-25-21-30(22-26-32)40(28-11-3-1-4-12-28)29-13-5-2-6-14-29)31-23-19-27(20-24-31)37-35-17-9-7-15-33(35)34-16-8-10-18-36(34)37/h1-21,23-25H. The fraction of sp³-hybridized carbons (Fsp3) is 0. The van der Waals surface area contributed by atoms with Gasteiger partial charge in [0, 0.05) is 21.8 Å². The largest absolute Gasteiger partial charge is 0.309 e. The third-order valence-corrected chi connectivity index (χ3v) is 11.3. The molecule has 0 amide bonds. The van der Waals surface area contributed by atoms with Crippen molar-refractivity contribution in [3.8, 4) is 5.69 Å². The maximum atomic E-state index is 13.6. The van der Waals surface area contributed by atoms with Crippen LogP contribution in [0, 0.1) is 0 Å². The molecule has 0 atom stereocenters. The van der Waals surface area contributed by atoms with Crippen LogP contribution in [-0.2, 0) is 9.84 Å². The first-order chi connectivity index (χ1) is 20.1. The van der Waals surface area contributed by atoms with E-state index in [2.05, 4.69) is 64.6 Å². The second-order valence-electron chi connectivity index (χ2n) is 9.71. The number of nitrogens with zero attached hydrogens (tertiary/aromatic N) is 1. The van der Waals surface area contributed by atoms with E-state index in [-0.39, 0.29) is 9.80 Å². The highest BCUT2D eigenvalue weighted by Gasteiger charge is 2.23. The van der Waals surface area contributed by atoms with Crippen LogP contribution in [0.4, 0.5) is 0 Å². The molecule has 0 bridgehead atoms. The van der Waals surface area contributed by atoms with Crippen LogP contribution in [0.15, 0.2) is 172 Å². The minimum Gasteiger partial charge on any atom is -0.309 e. The Kier molecular flexibility index (Phi) is 6.40.